The van der Waals surface area contributed by atoms with Crippen LogP contribution in [-0.2, 0) is 4.74 Å². The van der Waals surface area contributed by atoms with Gasteiger partial charge >= 0.3 is 0 Å². The Kier molecular flexibility index (Phi) is 4.89. The lowest BCUT2D eigenvalue weighted by Crippen LogP contribution is -2.37. The third-order valence-electron chi connectivity index (χ3n) is 5.51. The highest BCUT2D eigenvalue weighted by Crippen LogP contribution is 2.34. The van der Waals surface area contributed by atoms with Crippen molar-refractivity contribution >= 4 is 34.2 Å². The number of anilines is 1. The summed E-state index contributed by atoms with van der Waals surface area (Å²) in [4.78, 5) is 27.9. The molecule has 0 amide bonds. The van der Waals surface area contributed by atoms with Gasteiger partial charge in [0, 0.05) is 36.8 Å². The Morgan fingerprint density at radius 3 is 2.59 bits per heavy atom. The molecular weight excluding hydrogens is 388 g/mol. The van der Waals surface area contributed by atoms with Crippen molar-refractivity contribution in [3.8, 4) is 11.1 Å². The molecule has 3 aromatic rings. The van der Waals surface area contributed by atoms with E-state index in [1.807, 2.05) is 36.5 Å². The van der Waals surface area contributed by atoms with E-state index in [4.69, 9.17) is 16.3 Å². The molecule has 0 N–H and O–H groups in total. The van der Waals surface area contributed by atoms with Crippen molar-refractivity contribution in [2.75, 3.05) is 31.2 Å². The lowest BCUT2D eigenvalue weighted by Gasteiger charge is -2.28. The summed E-state index contributed by atoms with van der Waals surface area (Å²) >= 11 is 6.20. The zero-order valence-corrected chi connectivity index (χ0v) is 16.7. The monoisotopic (exact) mass is 408 g/mol. The summed E-state index contributed by atoms with van der Waals surface area (Å²) in [7, 11) is 0. The molecule has 0 atom stereocenters. The summed E-state index contributed by atoms with van der Waals surface area (Å²) < 4.78 is 5.43. The van der Waals surface area contributed by atoms with Crippen LogP contribution in [0.1, 0.15) is 29.6 Å². The first-order valence-corrected chi connectivity index (χ1v) is 10.3. The molecule has 1 aliphatic heterocycles. The molecule has 148 valence electrons. The average molecular weight is 409 g/mol. The smallest absolute Gasteiger partial charge is 0.225 e. The van der Waals surface area contributed by atoms with Gasteiger partial charge in [-0.1, -0.05) is 24.3 Å². The highest BCUT2D eigenvalue weighted by molar-refractivity contribution is 6.28. The summed E-state index contributed by atoms with van der Waals surface area (Å²) in [6.07, 6.45) is 4.86. The molecule has 6 nitrogen and oxygen atoms in total. The van der Waals surface area contributed by atoms with Crippen molar-refractivity contribution in [1.29, 1.82) is 0 Å². The molecular formula is C22H21ClN4O2. The summed E-state index contributed by atoms with van der Waals surface area (Å²) in [5.41, 5.74) is 4.13. The Morgan fingerprint density at radius 2 is 1.86 bits per heavy atom. The van der Waals surface area contributed by atoms with Crippen LogP contribution < -0.4 is 4.90 Å². The number of ketones is 1. The molecule has 29 heavy (non-hydrogen) atoms. The number of aromatic nitrogens is 3. The average Bonchev–Trinajstić information content (AvgIpc) is 3.57. The number of hydrogen-bond donors (Lipinski definition) is 0. The van der Waals surface area contributed by atoms with Gasteiger partial charge in [0.05, 0.1) is 18.7 Å². The predicted octanol–water partition coefficient (Wildman–Crippen LogP) is 4.16. The molecule has 1 saturated carbocycles. The number of halogens is 1. The minimum Gasteiger partial charge on any atom is -0.378 e. The number of Topliss-reactive ketones (excluding diaryl/α,β-unsaturated/α-hetero) is 1. The van der Waals surface area contributed by atoms with E-state index in [1.165, 1.54) is 12.8 Å². The van der Waals surface area contributed by atoms with E-state index < -0.39 is 0 Å². The summed E-state index contributed by atoms with van der Waals surface area (Å²) in [6, 6.07) is 9.71. The van der Waals surface area contributed by atoms with E-state index in [0.29, 0.717) is 31.1 Å². The van der Waals surface area contributed by atoms with Crippen LogP contribution in [0.5, 0.6) is 0 Å². The van der Waals surface area contributed by atoms with Crippen molar-refractivity contribution in [2.24, 2.45) is 5.92 Å². The zero-order chi connectivity index (χ0) is 19.8. The number of carbonyl (C=O) groups excluding carboxylic acids is 1. The number of benzene rings is 1. The highest BCUT2D eigenvalue weighted by Gasteiger charge is 2.25. The summed E-state index contributed by atoms with van der Waals surface area (Å²) in [5, 5.41) is 0.207. The largest absolute Gasteiger partial charge is 0.378 e. The Hall–Kier alpha value is -2.57. The molecule has 1 aromatic carbocycles. The summed E-state index contributed by atoms with van der Waals surface area (Å²) in [6.45, 7) is 2.82. The molecule has 0 unspecified atom stereocenters. The Morgan fingerprint density at radius 1 is 1.10 bits per heavy atom. The standard InChI is InChI=1S/C22H21ClN4O2/c23-22-25-18-12-17(13-24-20(18)21(26-22)27-7-9-29-10-8-27)15-3-5-16(6-4-15)19(28)11-14-1-2-14/h3-6,12-14H,1-2,7-11H2. The maximum atomic E-state index is 12.3. The highest BCUT2D eigenvalue weighted by atomic mass is 35.5. The van der Waals surface area contributed by atoms with Crippen molar-refractivity contribution in [1.82, 2.24) is 15.0 Å². The number of fused-ring (bicyclic) bond motifs is 1. The molecule has 2 fully saturated rings. The predicted molar refractivity (Wildman–Crippen MR) is 112 cm³/mol. The van der Waals surface area contributed by atoms with Crippen LogP contribution in [0.15, 0.2) is 36.5 Å². The quantitative estimate of drug-likeness (QED) is 0.466. The van der Waals surface area contributed by atoms with E-state index in [0.717, 1.165) is 41.1 Å². The number of pyridine rings is 1. The Balaban J connectivity index is 1.45. The number of carbonyl (C=O) groups is 1. The van der Waals surface area contributed by atoms with E-state index in [9.17, 15) is 4.79 Å². The normalized spacial score (nSPS) is 16.9. The first-order chi connectivity index (χ1) is 14.2. The number of morpholine rings is 1. The molecule has 0 radical (unpaired) electrons. The van der Waals surface area contributed by atoms with Crippen LogP contribution in [0.4, 0.5) is 5.82 Å². The van der Waals surface area contributed by atoms with E-state index in [-0.39, 0.29) is 11.1 Å². The van der Waals surface area contributed by atoms with Gasteiger partial charge in [0.1, 0.15) is 5.52 Å². The second kappa shape index (κ2) is 7.69. The van der Waals surface area contributed by atoms with Crippen molar-refractivity contribution < 1.29 is 9.53 Å². The maximum absolute atomic E-state index is 12.3. The first-order valence-electron chi connectivity index (χ1n) is 9.97. The van der Waals surface area contributed by atoms with Crippen molar-refractivity contribution in [3.63, 3.8) is 0 Å². The summed E-state index contributed by atoms with van der Waals surface area (Å²) in [5.74, 6) is 1.57. The second-order valence-electron chi connectivity index (χ2n) is 7.66. The van der Waals surface area contributed by atoms with Crippen LogP contribution in [0, 0.1) is 5.92 Å². The second-order valence-corrected chi connectivity index (χ2v) is 7.99. The van der Waals surface area contributed by atoms with Gasteiger partial charge in [0.2, 0.25) is 5.28 Å². The molecule has 2 aromatic heterocycles. The van der Waals surface area contributed by atoms with Gasteiger partial charge < -0.3 is 9.64 Å². The lowest BCUT2D eigenvalue weighted by molar-refractivity contribution is 0.0976. The molecule has 0 spiro atoms. The van der Waals surface area contributed by atoms with Crippen LogP contribution >= 0.6 is 11.6 Å². The minimum atomic E-state index is 0.207. The minimum absolute atomic E-state index is 0.207. The number of hydrogen-bond acceptors (Lipinski definition) is 6. The maximum Gasteiger partial charge on any atom is 0.225 e. The molecule has 3 heterocycles. The van der Waals surface area contributed by atoms with Gasteiger partial charge in [-0.05, 0) is 42.0 Å². The van der Waals surface area contributed by atoms with Crippen LogP contribution in [0.3, 0.4) is 0 Å². The van der Waals surface area contributed by atoms with Gasteiger partial charge in [0.25, 0.3) is 0 Å². The third kappa shape index (κ3) is 3.95. The third-order valence-corrected chi connectivity index (χ3v) is 5.68. The van der Waals surface area contributed by atoms with Gasteiger partial charge in [-0.3, -0.25) is 9.78 Å². The van der Waals surface area contributed by atoms with E-state index in [1.54, 1.807) is 0 Å². The molecule has 1 aliphatic carbocycles. The van der Waals surface area contributed by atoms with Gasteiger partial charge in [-0.25, -0.2) is 4.98 Å². The van der Waals surface area contributed by atoms with Gasteiger partial charge in [-0.2, -0.15) is 4.98 Å². The molecule has 7 heteroatoms. The van der Waals surface area contributed by atoms with Crippen LogP contribution in [-0.4, -0.2) is 47.0 Å². The topological polar surface area (TPSA) is 68.2 Å². The van der Waals surface area contributed by atoms with E-state index >= 15 is 0 Å². The molecule has 0 bridgehead atoms. The molecule has 2 aliphatic rings. The Labute approximate surface area is 173 Å². The number of ether oxygens (including phenoxy) is 1. The fraction of sp³-hybridized carbons (Fsp3) is 0.364. The van der Waals surface area contributed by atoms with Crippen molar-refractivity contribution in [3.05, 3.63) is 47.4 Å². The van der Waals surface area contributed by atoms with Crippen LogP contribution in [0.25, 0.3) is 22.2 Å². The Bertz CT molecular complexity index is 1060. The fourth-order valence-electron chi connectivity index (χ4n) is 3.68. The molecule has 1 saturated heterocycles. The number of rotatable bonds is 5. The fourth-order valence-corrected chi connectivity index (χ4v) is 3.85. The zero-order valence-electron chi connectivity index (χ0n) is 16.0. The van der Waals surface area contributed by atoms with E-state index in [2.05, 4.69) is 19.9 Å². The molecule has 5 rings (SSSR count). The lowest BCUT2D eigenvalue weighted by atomic mass is 10.0. The van der Waals surface area contributed by atoms with Crippen LogP contribution in [0.2, 0.25) is 5.28 Å². The first kappa shape index (κ1) is 18.5. The number of nitrogens with zero attached hydrogens (tertiary/aromatic N) is 4. The van der Waals surface area contributed by atoms with Gasteiger partial charge in [0.15, 0.2) is 11.6 Å². The SMILES string of the molecule is O=C(CC1CC1)c1ccc(-c2cnc3c(N4CCOCC4)nc(Cl)nc3c2)cc1. The van der Waals surface area contributed by atoms with Crippen molar-refractivity contribution in [2.45, 2.75) is 19.3 Å². The van der Waals surface area contributed by atoms with Gasteiger partial charge in [-0.15, -0.1) is 0 Å².